The molecule has 0 aromatic heterocycles. The molecule has 1 fully saturated rings. The summed E-state index contributed by atoms with van der Waals surface area (Å²) in [6, 6.07) is 11.3. The average Bonchev–Trinajstić information content (AvgIpc) is 2.41. The van der Waals surface area contributed by atoms with Crippen LogP contribution in [-0.2, 0) is 6.54 Å². The van der Waals surface area contributed by atoms with Gasteiger partial charge in [0.15, 0.2) is 0 Å². The van der Waals surface area contributed by atoms with Gasteiger partial charge in [-0.3, -0.25) is 4.90 Å². The molecule has 3 heteroatoms. The van der Waals surface area contributed by atoms with Gasteiger partial charge in [0.25, 0.3) is 0 Å². The molecule has 0 saturated heterocycles. The highest BCUT2D eigenvalue weighted by atomic mass is 32.2. The SMILES string of the molecule is CN(Cc1ccccc1)C1CCC(SC#N)CC1. The van der Waals surface area contributed by atoms with Crippen molar-refractivity contribution in [2.24, 2.45) is 0 Å². The highest BCUT2D eigenvalue weighted by molar-refractivity contribution is 8.04. The molecule has 1 aromatic carbocycles. The normalized spacial score (nSPS) is 23.8. The van der Waals surface area contributed by atoms with E-state index in [-0.39, 0.29) is 0 Å². The Labute approximate surface area is 114 Å². The van der Waals surface area contributed by atoms with Crippen LogP contribution in [0.3, 0.4) is 0 Å². The number of hydrogen-bond donors (Lipinski definition) is 0. The number of benzene rings is 1. The third-order valence-electron chi connectivity index (χ3n) is 3.76. The van der Waals surface area contributed by atoms with Crippen LogP contribution in [0.5, 0.6) is 0 Å². The van der Waals surface area contributed by atoms with Gasteiger partial charge in [-0.2, -0.15) is 5.26 Å². The number of nitrogens with zero attached hydrogens (tertiary/aromatic N) is 2. The van der Waals surface area contributed by atoms with E-state index in [1.54, 1.807) is 0 Å². The van der Waals surface area contributed by atoms with Crippen LogP contribution in [0.25, 0.3) is 0 Å². The summed E-state index contributed by atoms with van der Waals surface area (Å²) < 4.78 is 0. The first-order valence-corrected chi connectivity index (χ1v) is 7.46. The lowest BCUT2D eigenvalue weighted by atomic mass is 9.93. The molecular formula is C15H20N2S. The molecule has 0 atom stereocenters. The van der Waals surface area contributed by atoms with Crippen molar-refractivity contribution in [1.82, 2.24) is 4.90 Å². The predicted molar refractivity (Wildman–Crippen MR) is 77.2 cm³/mol. The lowest BCUT2D eigenvalue weighted by Crippen LogP contribution is -2.35. The van der Waals surface area contributed by atoms with Crippen molar-refractivity contribution in [3.63, 3.8) is 0 Å². The van der Waals surface area contributed by atoms with E-state index in [4.69, 9.17) is 5.26 Å². The van der Waals surface area contributed by atoms with E-state index in [9.17, 15) is 0 Å². The summed E-state index contributed by atoms with van der Waals surface area (Å²) in [6.45, 7) is 1.03. The van der Waals surface area contributed by atoms with Crippen molar-refractivity contribution in [3.05, 3.63) is 35.9 Å². The molecule has 96 valence electrons. The van der Waals surface area contributed by atoms with Crippen LogP contribution in [0.4, 0.5) is 0 Å². The Morgan fingerprint density at radius 2 is 1.89 bits per heavy atom. The van der Waals surface area contributed by atoms with Gasteiger partial charge in [0.1, 0.15) is 5.40 Å². The Balaban J connectivity index is 1.81. The predicted octanol–water partition coefficient (Wildman–Crippen LogP) is 3.64. The monoisotopic (exact) mass is 260 g/mol. The maximum Gasteiger partial charge on any atom is 0.133 e. The Morgan fingerprint density at radius 3 is 2.50 bits per heavy atom. The lowest BCUT2D eigenvalue weighted by molar-refractivity contribution is 0.187. The molecule has 0 heterocycles. The van der Waals surface area contributed by atoms with Crippen molar-refractivity contribution in [2.75, 3.05) is 7.05 Å². The average molecular weight is 260 g/mol. The molecule has 2 nitrogen and oxygen atoms in total. The van der Waals surface area contributed by atoms with E-state index in [0.29, 0.717) is 11.3 Å². The molecular weight excluding hydrogens is 240 g/mol. The molecule has 0 amide bonds. The second-order valence-corrected chi connectivity index (χ2v) is 6.13. The molecule has 2 rings (SSSR count). The molecule has 0 aliphatic heterocycles. The molecule has 0 N–H and O–H groups in total. The van der Waals surface area contributed by atoms with Crippen LogP contribution in [-0.4, -0.2) is 23.2 Å². The summed E-state index contributed by atoms with van der Waals surface area (Å²) in [5.74, 6) is 0. The third kappa shape index (κ3) is 3.76. The van der Waals surface area contributed by atoms with Crippen molar-refractivity contribution in [3.8, 4) is 5.40 Å². The lowest BCUT2D eigenvalue weighted by Gasteiger charge is -2.33. The van der Waals surface area contributed by atoms with Crippen LogP contribution >= 0.6 is 11.8 Å². The molecule has 0 radical (unpaired) electrons. The molecule has 1 aliphatic rings. The summed E-state index contributed by atoms with van der Waals surface area (Å²) >= 11 is 1.46. The van der Waals surface area contributed by atoms with Gasteiger partial charge < -0.3 is 0 Å². The van der Waals surface area contributed by atoms with E-state index in [1.165, 1.54) is 43.0 Å². The molecule has 0 unspecified atom stereocenters. The van der Waals surface area contributed by atoms with Gasteiger partial charge in [-0.15, -0.1) is 0 Å². The van der Waals surface area contributed by atoms with Gasteiger partial charge in [0.05, 0.1) is 0 Å². The number of thioether (sulfide) groups is 1. The van der Waals surface area contributed by atoms with Crippen molar-refractivity contribution >= 4 is 11.8 Å². The van der Waals surface area contributed by atoms with Gasteiger partial charge in [0.2, 0.25) is 0 Å². The topological polar surface area (TPSA) is 27.0 Å². The molecule has 18 heavy (non-hydrogen) atoms. The standard InChI is InChI=1S/C15H20N2S/c1-17(11-13-5-3-2-4-6-13)14-7-9-15(10-8-14)18-12-16/h2-6,14-15H,7-11H2,1H3. The number of hydrogen-bond acceptors (Lipinski definition) is 3. The Hall–Kier alpha value is -0.980. The van der Waals surface area contributed by atoms with Crippen LogP contribution in [0.1, 0.15) is 31.2 Å². The van der Waals surface area contributed by atoms with Crippen LogP contribution in [0, 0.1) is 10.7 Å². The minimum atomic E-state index is 0.566. The fourth-order valence-electron chi connectivity index (χ4n) is 2.68. The van der Waals surface area contributed by atoms with E-state index in [1.807, 2.05) is 0 Å². The number of nitriles is 1. The van der Waals surface area contributed by atoms with Crippen LogP contribution in [0.2, 0.25) is 0 Å². The Kier molecular flexibility index (Phi) is 5.10. The highest BCUT2D eigenvalue weighted by Gasteiger charge is 2.24. The van der Waals surface area contributed by atoms with Crippen molar-refractivity contribution in [1.29, 1.82) is 5.26 Å². The maximum absolute atomic E-state index is 8.69. The first-order chi connectivity index (χ1) is 8.79. The zero-order valence-corrected chi connectivity index (χ0v) is 11.7. The third-order valence-corrected chi connectivity index (χ3v) is 4.67. The molecule has 0 spiro atoms. The fraction of sp³-hybridized carbons (Fsp3) is 0.533. The van der Waals surface area contributed by atoms with Crippen LogP contribution < -0.4 is 0 Å². The quantitative estimate of drug-likeness (QED) is 0.773. The smallest absolute Gasteiger partial charge is 0.133 e. The van der Waals surface area contributed by atoms with Gasteiger partial charge in [-0.05, 0) is 50.1 Å². The zero-order valence-electron chi connectivity index (χ0n) is 10.9. The second kappa shape index (κ2) is 6.82. The summed E-state index contributed by atoms with van der Waals surface area (Å²) in [6.07, 6.45) is 4.81. The number of thiocyanates is 1. The van der Waals surface area contributed by atoms with Gasteiger partial charge in [-0.1, -0.05) is 30.3 Å². The van der Waals surface area contributed by atoms with Crippen molar-refractivity contribution in [2.45, 2.75) is 43.5 Å². The first kappa shape index (κ1) is 13.5. The van der Waals surface area contributed by atoms with E-state index in [0.717, 1.165) is 6.54 Å². The highest BCUT2D eigenvalue weighted by Crippen LogP contribution is 2.30. The van der Waals surface area contributed by atoms with Crippen LogP contribution in [0.15, 0.2) is 30.3 Å². The minimum absolute atomic E-state index is 0.566. The molecule has 1 aliphatic carbocycles. The summed E-state index contributed by atoms with van der Waals surface area (Å²) in [4.78, 5) is 2.46. The maximum atomic E-state index is 8.69. The summed E-state index contributed by atoms with van der Waals surface area (Å²) in [5, 5.41) is 11.5. The molecule has 1 aromatic rings. The molecule has 1 saturated carbocycles. The number of rotatable bonds is 4. The van der Waals surface area contributed by atoms with Crippen molar-refractivity contribution < 1.29 is 0 Å². The zero-order chi connectivity index (χ0) is 12.8. The van der Waals surface area contributed by atoms with Gasteiger partial charge in [-0.25, -0.2) is 0 Å². The van der Waals surface area contributed by atoms with E-state index in [2.05, 4.69) is 47.7 Å². The summed E-state index contributed by atoms with van der Waals surface area (Å²) in [5.41, 5.74) is 1.38. The van der Waals surface area contributed by atoms with E-state index < -0.39 is 0 Å². The molecule has 0 bridgehead atoms. The van der Waals surface area contributed by atoms with Gasteiger partial charge >= 0.3 is 0 Å². The summed E-state index contributed by atoms with van der Waals surface area (Å²) in [7, 11) is 2.22. The fourth-order valence-corrected chi connectivity index (χ4v) is 3.34. The Bertz CT molecular complexity index is 391. The van der Waals surface area contributed by atoms with E-state index >= 15 is 0 Å². The van der Waals surface area contributed by atoms with Gasteiger partial charge in [0, 0.05) is 17.8 Å². The Morgan fingerprint density at radius 1 is 1.22 bits per heavy atom. The largest absolute Gasteiger partial charge is 0.299 e. The minimum Gasteiger partial charge on any atom is -0.299 e. The first-order valence-electron chi connectivity index (χ1n) is 6.58. The second-order valence-electron chi connectivity index (χ2n) is 5.04.